The number of phenols is 1. The molecule has 1 saturated carbocycles. The number of nitrogens with one attached hydrogen (secondary N) is 2. The van der Waals surface area contributed by atoms with E-state index < -0.39 is 11.9 Å². The van der Waals surface area contributed by atoms with Gasteiger partial charge in [0, 0.05) is 24.8 Å². The molecule has 4 amide bonds. The molecular weight excluding hydrogens is 388 g/mol. The van der Waals surface area contributed by atoms with Gasteiger partial charge in [-0.1, -0.05) is 31.7 Å². The molecule has 0 bridgehead atoms. The second kappa shape index (κ2) is 10.3. The molecule has 1 aliphatic carbocycles. The van der Waals surface area contributed by atoms with Crippen LogP contribution in [-0.2, 0) is 9.59 Å². The van der Waals surface area contributed by atoms with Gasteiger partial charge in [0.25, 0.3) is 5.91 Å². The van der Waals surface area contributed by atoms with E-state index in [9.17, 15) is 19.5 Å². The molecule has 164 valence electrons. The molecule has 1 saturated heterocycles. The quantitative estimate of drug-likeness (QED) is 0.400. The molecule has 0 aromatic heterocycles. The Morgan fingerprint density at radius 1 is 1.13 bits per heavy atom. The highest BCUT2D eigenvalue weighted by molar-refractivity contribution is 5.97. The number of rotatable bonds is 7. The standard InChI is InChI=1S/C21H30N4O5/c26-17-8-3-7-16(13-17)22-20(28)18-9-4-11-25(18)21(29)24(14-19(27)23-30)12-10-15-5-1-2-6-15/h3,7-8,13,15,18,26,30H,1-2,4-6,9-12,14H2,(H,22,28)(H,23,27)/t18-/m0/s1. The number of carbonyl (C=O) groups is 3. The zero-order chi connectivity index (χ0) is 21.5. The number of amides is 4. The minimum absolute atomic E-state index is 0.0419. The lowest BCUT2D eigenvalue weighted by atomic mass is 10.0. The first kappa shape index (κ1) is 21.9. The number of carbonyl (C=O) groups excluding carboxylic acids is 3. The summed E-state index contributed by atoms with van der Waals surface area (Å²) >= 11 is 0. The van der Waals surface area contributed by atoms with Crippen LogP contribution >= 0.6 is 0 Å². The average Bonchev–Trinajstić information content (AvgIpc) is 3.42. The second-order valence-electron chi connectivity index (χ2n) is 8.07. The molecule has 2 fully saturated rings. The number of likely N-dealkylation sites (tertiary alicyclic amines) is 1. The van der Waals surface area contributed by atoms with Crippen LogP contribution in [0.25, 0.3) is 0 Å². The molecule has 9 nitrogen and oxygen atoms in total. The van der Waals surface area contributed by atoms with E-state index in [2.05, 4.69) is 5.32 Å². The van der Waals surface area contributed by atoms with Crippen molar-refractivity contribution in [1.29, 1.82) is 0 Å². The summed E-state index contributed by atoms with van der Waals surface area (Å²) in [6.07, 6.45) is 6.67. The Hall–Kier alpha value is -2.81. The summed E-state index contributed by atoms with van der Waals surface area (Å²) in [6.45, 7) is 0.589. The van der Waals surface area contributed by atoms with Gasteiger partial charge in [0.2, 0.25) is 5.91 Å². The lowest BCUT2D eigenvalue weighted by Gasteiger charge is -2.31. The summed E-state index contributed by atoms with van der Waals surface area (Å²) in [7, 11) is 0. The van der Waals surface area contributed by atoms with Crippen molar-refractivity contribution in [3.63, 3.8) is 0 Å². The first-order valence-corrected chi connectivity index (χ1v) is 10.6. The summed E-state index contributed by atoms with van der Waals surface area (Å²) in [6, 6.07) is 5.23. The van der Waals surface area contributed by atoms with Crippen LogP contribution in [0.4, 0.5) is 10.5 Å². The molecule has 30 heavy (non-hydrogen) atoms. The van der Waals surface area contributed by atoms with E-state index in [4.69, 9.17) is 5.21 Å². The van der Waals surface area contributed by atoms with Gasteiger partial charge in [0.1, 0.15) is 18.3 Å². The highest BCUT2D eigenvalue weighted by Gasteiger charge is 2.37. The smallest absolute Gasteiger partial charge is 0.321 e. The van der Waals surface area contributed by atoms with E-state index in [1.807, 2.05) is 0 Å². The predicted molar refractivity (Wildman–Crippen MR) is 110 cm³/mol. The molecule has 2 aliphatic rings. The number of phenolic OH excluding ortho intramolecular Hbond substituents is 1. The third-order valence-corrected chi connectivity index (χ3v) is 5.93. The number of urea groups is 1. The highest BCUT2D eigenvalue weighted by atomic mass is 16.5. The van der Waals surface area contributed by atoms with Gasteiger partial charge in [-0.2, -0.15) is 0 Å². The summed E-state index contributed by atoms with van der Waals surface area (Å²) < 4.78 is 0. The minimum Gasteiger partial charge on any atom is -0.508 e. The van der Waals surface area contributed by atoms with Gasteiger partial charge < -0.3 is 20.2 Å². The van der Waals surface area contributed by atoms with Crippen molar-refractivity contribution in [2.24, 2.45) is 5.92 Å². The molecule has 0 radical (unpaired) electrons. The van der Waals surface area contributed by atoms with Crippen LogP contribution in [-0.4, -0.2) is 63.6 Å². The molecule has 1 aromatic rings. The number of hydrogen-bond acceptors (Lipinski definition) is 5. The van der Waals surface area contributed by atoms with E-state index in [1.165, 1.54) is 34.8 Å². The fraction of sp³-hybridized carbons (Fsp3) is 0.571. The van der Waals surface area contributed by atoms with Crippen LogP contribution in [0, 0.1) is 5.92 Å². The largest absolute Gasteiger partial charge is 0.508 e. The number of benzene rings is 1. The molecule has 1 heterocycles. The number of anilines is 1. The Bertz CT molecular complexity index is 766. The maximum Gasteiger partial charge on any atom is 0.321 e. The van der Waals surface area contributed by atoms with Crippen molar-refractivity contribution < 1.29 is 24.7 Å². The number of hydroxylamine groups is 1. The third-order valence-electron chi connectivity index (χ3n) is 5.93. The molecule has 4 N–H and O–H groups in total. The monoisotopic (exact) mass is 418 g/mol. The normalized spacial score (nSPS) is 19.0. The predicted octanol–water partition coefficient (Wildman–Crippen LogP) is 2.30. The van der Waals surface area contributed by atoms with Gasteiger partial charge in [0.05, 0.1) is 0 Å². The fourth-order valence-corrected chi connectivity index (χ4v) is 4.35. The van der Waals surface area contributed by atoms with Crippen LogP contribution < -0.4 is 10.8 Å². The Morgan fingerprint density at radius 2 is 1.90 bits per heavy atom. The molecule has 0 spiro atoms. The molecular formula is C21H30N4O5. The summed E-state index contributed by atoms with van der Waals surface area (Å²) in [5, 5.41) is 21.2. The van der Waals surface area contributed by atoms with Crippen molar-refractivity contribution in [2.45, 2.75) is 51.0 Å². The Kier molecular flexibility index (Phi) is 7.51. The minimum atomic E-state index is -0.658. The molecule has 3 rings (SSSR count). The topological polar surface area (TPSA) is 122 Å². The fourth-order valence-electron chi connectivity index (χ4n) is 4.35. The molecule has 1 aromatic carbocycles. The molecule has 1 aliphatic heterocycles. The lowest BCUT2D eigenvalue weighted by Crippen LogP contribution is -2.51. The molecule has 1 atom stereocenters. The molecule has 9 heteroatoms. The van der Waals surface area contributed by atoms with Crippen molar-refractivity contribution in [2.75, 3.05) is 25.0 Å². The Morgan fingerprint density at radius 3 is 2.60 bits per heavy atom. The Balaban J connectivity index is 1.66. The lowest BCUT2D eigenvalue weighted by molar-refractivity contribution is -0.129. The van der Waals surface area contributed by atoms with Gasteiger partial charge in [-0.15, -0.1) is 0 Å². The summed E-state index contributed by atoms with van der Waals surface area (Å²) in [5.74, 6) is -0.398. The van der Waals surface area contributed by atoms with Crippen molar-refractivity contribution >= 4 is 23.5 Å². The van der Waals surface area contributed by atoms with E-state index in [0.717, 1.165) is 19.3 Å². The van der Waals surface area contributed by atoms with Crippen LogP contribution in [0.2, 0.25) is 0 Å². The van der Waals surface area contributed by atoms with Gasteiger partial charge in [-0.3, -0.25) is 14.8 Å². The van der Waals surface area contributed by atoms with Crippen LogP contribution in [0.1, 0.15) is 44.9 Å². The van der Waals surface area contributed by atoms with Gasteiger partial charge in [-0.05, 0) is 37.3 Å². The number of hydrogen-bond donors (Lipinski definition) is 4. The second-order valence-corrected chi connectivity index (χ2v) is 8.07. The summed E-state index contributed by atoms with van der Waals surface area (Å²) in [4.78, 5) is 40.6. The van der Waals surface area contributed by atoms with Gasteiger partial charge in [0.15, 0.2) is 0 Å². The van der Waals surface area contributed by atoms with E-state index in [-0.39, 0.29) is 24.2 Å². The highest BCUT2D eigenvalue weighted by Crippen LogP contribution is 2.28. The third kappa shape index (κ3) is 5.63. The average molecular weight is 418 g/mol. The van der Waals surface area contributed by atoms with Crippen LogP contribution in [0.5, 0.6) is 5.75 Å². The number of aromatic hydroxyl groups is 1. The van der Waals surface area contributed by atoms with Crippen molar-refractivity contribution in [1.82, 2.24) is 15.3 Å². The van der Waals surface area contributed by atoms with Crippen LogP contribution in [0.15, 0.2) is 24.3 Å². The van der Waals surface area contributed by atoms with E-state index in [0.29, 0.717) is 37.5 Å². The summed E-state index contributed by atoms with van der Waals surface area (Å²) in [5.41, 5.74) is 2.04. The SMILES string of the molecule is O=C(CN(CCC1CCCC1)C(=O)N1CCC[C@H]1C(=O)Nc1cccc(O)c1)NO. The molecule has 0 unspecified atom stereocenters. The maximum atomic E-state index is 13.2. The first-order valence-electron chi connectivity index (χ1n) is 10.6. The van der Waals surface area contributed by atoms with Crippen molar-refractivity contribution in [3.8, 4) is 5.75 Å². The first-order chi connectivity index (χ1) is 14.5. The zero-order valence-corrected chi connectivity index (χ0v) is 17.0. The van der Waals surface area contributed by atoms with Crippen LogP contribution in [0.3, 0.4) is 0 Å². The van der Waals surface area contributed by atoms with E-state index >= 15 is 0 Å². The van der Waals surface area contributed by atoms with Crippen molar-refractivity contribution in [3.05, 3.63) is 24.3 Å². The Labute approximate surface area is 176 Å². The van der Waals surface area contributed by atoms with Gasteiger partial charge in [-0.25, -0.2) is 10.3 Å². The van der Waals surface area contributed by atoms with Gasteiger partial charge >= 0.3 is 6.03 Å². The maximum absolute atomic E-state index is 13.2. The number of nitrogens with zero attached hydrogens (tertiary/aromatic N) is 2. The zero-order valence-electron chi connectivity index (χ0n) is 17.0. The van der Waals surface area contributed by atoms with E-state index in [1.54, 1.807) is 17.6 Å².